The van der Waals surface area contributed by atoms with E-state index in [1.54, 1.807) is 42.6 Å². The molecule has 1 amide bonds. The summed E-state index contributed by atoms with van der Waals surface area (Å²) < 4.78 is 44.4. The Hall–Kier alpha value is -4.44. The summed E-state index contributed by atoms with van der Waals surface area (Å²) in [6, 6.07) is 15.4. The van der Waals surface area contributed by atoms with E-state index in [9.17, 15) is 18.2 Å². The highest BCUT2D eigenvalue weighted by atomic mass is 32.2. The summed E-state index contributed by atoms with van der Waals surface area (Å²) in [5, 5.41) is 1.35. The lowest BCUT2D eigenvalue weighted by atomic mass is 9.99. The van der Waals surface area contributed by atoms with Crippen molar-refractivity contribution in [1.82, 2.24) is 9.97 Å². The topological polar surface area (TPSA) is 118 Å². The lowest BCUT2D eigenvalue weighted by molar-refractivity contribution is 0.0998. The zero-order valence-corrected chi connectivity index (χ0v) is 21.0. The fourth-order valence-corrected chi connectivity index (χ4v) is 5.12. The van der Waals surface area contributed by atoms with Gasteiger partial charge in [0.15, 0.2) is 11.6 Å². The number of H-pyrrole nitrogens is 1. The van der Waals surface area contributed by atoms with Crippen LogP contribution in [-0.2, 0) is 11.0 Å². The third-order valence-electron chi connectivity index (χ3n) is 6.15. The van der Waals surface area contributed by atoms with Gasteiger partial charge >= 0.3 is 0 Å². The standard InChI is InChI=1S/C28H22F2N4O3S/c1-2-11-38(37)34-23-10-8-21(29)24(25(23)30)26(35)17-7-9-22-19(12-17)20-13-18(14-32-28(20)33-22)15-3-5-16(6-4-15)27(31)36/h3-10,12-14,34H,2,11H2,1H3,(H2,31,36)(H,32,33). The molecule has 192 valence electrons. The quantitative estimate of drug-likeness (QED) is 0.230. The molecule has 0 saturated heterocycles. The van der Waals surface area contributed by atoms with Gasteiger partial charge in [0, 0.05) is 44.9 Å². The second-order valence-corrected chi connectivity index (χ2v) is 10.0. The fraction of sp³-hybridized carbons (Fsp3) is 0.107. The van der Waals surface area contributed by atoms with Crippen molar-refractivity contribution in [3.8, 4) is 11.1 Å². The number of anilines is 1. The van der Waals surface area contributed by atoms with E-state index < -0.39 is 39.9 Å². The molecule has 0 aliphatic heterocycles. The van der Waals surface area contributed by atoms with E-state index in [1.165, 1.54) is 6.07 Å². The van der Waals surface area contributed by atoms with Crippen molar-refractivity contribution >= 4 is 50.3 Å². The number of rotatable bonds is 8. The molecule has 0 spiro atoms. The van der Waals surface area contributed by atoms with Crippen LogP contribution in [0.25, 0.3) is 33.1 Å². The van der Waals surface area contributed by atoms with E-state index in [-0.39, 0.29) is 17.0 Å². The van der Waals surface area contributed by atoms with Gasteiger partial charge in [-0.15, -0.1) is 0 Å². The first-order valence-electron chi connectivity index (χ1n) is 11.8. The highest BCUT2D eigenvalue weighted by Crippen LogP contribution is 2.31. The number of nitrogens with zero attached hydrogens (tertiary/aromatic N) is 1. The average molecular weight is 533 g/mol. The Bertz CT molecular complexity index is 1750. The number of ketones is 1. The lowest BCUT2D eigenvalue weighted by Gasteiger charge is -2.11. The number of hydrogen-bond donors (Lipinski definition) is 3. The molecule has 5 aromatic rings. The van der Waals surface area contributed by atoms with Gasteiger partial charge in [0.05, 0.1) is 11.3 Å². The Kier molecular flexibility index (Phi) is 6.73. The van der Waals surface area contributed by atoms with Crippen molar-refractivity contribution in [2.45, 2.75) is 13.3 Å². The van der Waals surface area contributed by atoms with Crippen LogP contribution in [-0.4, -0.2) is 31.6 Å². The minimum Gasteiger partial charge on any atom is -0.366 e. The number of primary amides is 1. The predicted octanol–water partition coefficient (Wildman–Crippen LogP) is 5.48. The van der Waals surface area contributed by atoms with Crippen molar-refractivity contribution in [3.63, 3.8) is 0 Å². The van der Waals surface area contributed by atoms with Gasteiger partial charge in [-0.3, -0.25) is 9.59 Å². The molecule has 0 aliphatic rings. The first kappa shape index (κ1) is 25.2. The number of nitrogens with two attached hydrogens (primary N) is 1. The normalized spacial score (nSPS) is 12.1. The van der Waals surface area contributed by atoms with Crippen LogP contribution in [0.2, 0.25) is 0 Å². The molecule has 5 rings (SSSR count). The highest BCUT2D eigenvalue weighted by molar-refractivity contribution is 7.86. The van der Waals surface area contributed by atoms with Gasteiger partial charge in [0.25, 0.3) is 0 Å². The van der Waals surface area contributed by atoms with E-state index in [4.69, 9.17) is 5.73 Å². The molecule has 7 nitrogen and oxygen atoms in total. The summed E-state index contributed by atoms with van der Waals surface area (Å²) in [4.78, 5) is 32.3. The van der Waals surface area contributed by atoms with Crippen LogP contribution in [0.15, 0.2) is 66.9 Å². The molecule has 0 bridgehead atoms. The number of aromatic nitrogens is 2. The van der Waals surface area contributed by atoms with Crippen LogP contribution >= 0.6 is 0 Å². The summed E-state index contributed by atoms with van der Waals surface area (Å²) in [7, 11) is -1.56. The predicted molar refractivity (Wildman–Crippen MR) is 144 cm³/mol. The molecule has 0 saturated carbocycles. The summed E-state index contributed by atoms with van der Waals surface area (Å²) in [5.41, 5.74) is 7.69. The number of amides is 1. The molecule has 10 heteroatoms. The summed E-state index contributed by atoms with van der Waals surface area (Å²) in [6.07, 6.45) is 2.28. The molecular weight excluding hydrogens is 510 g/mol. The van der Waals surface area contributed by atoms with Crippen molar-refractivity contribution in [1.29, 1.82) is 0 Å². The SMILES string of the molecule is CCCS(=O)Nc1ccc(F)c(C(=O)c2ccc3[nH]c4ncc(-c5ccc(C(N)=O)cc5)cc4c3c2)c1F. The average Bonchev–Trinajstić information content (AvgIpc) is 3.27. The maximum absolute atomic E-state index is 15.2. The van der Waals surface area contributed by atoms with Crippen molar-refractivity contribution in [3.05, 3.63) is 95.2 Å². The van der Waals surface area contributed by atoms with Crippen LogP contribution in [0.4, 0.5) is 14.5 Å². The molecule has 2 heterocycles. The number of halogens is 2. The number of carbonyl (C=O) groups is 2. The van der Waals surface area contributed by atoms with Crippen molar-refractivity contribution in [2.24, 2.45) is 5.73 Å². The number of hydrogen-bond acceptors (Lipinski definition) is 4. The molecule has 0 radical (unpaired) electrons. The van der Waals surface area contributed by atoms with E-state index in [1.807, 2.05) is 13.0 Å². The Labute approximate surface area is 218 Å². The Balaban J connectivity index is 1.55. The van der Waals surface area contributed by atoms with Crippen LogP contribution in [0.3, 0.4) is 0 Å². The van der Waals surface area contributed by atoms with E-state index in [0.29, 0.717) is 33.9 Å². The molecule has 1 unspecified atom stereocenters. The molecule has 4 N–H and O–H groups in total. The molecule has 2 aromatic heterocycles. The molecule has 1 atom stereocenters. The van der Waals surface area contributed by atoms with Crippen LogP contribution in [0, 0.1) is 11.6 Å². The second-order valence-electron chi connectivity index (χ2n) is 8.71. The number of pyridine rings is 1. The molecule has 3 aromatic carbocycles. The molecule has 0 fully saturated rings. The molecule has 0 aliphatic carbocycles. The van der Waals surface area contributed by atoms with Gasteiger partial charge in [-0.2, -0.15) is 0 Å². The third kappa shape index (κ3) is 4.66. The largest absolute Gasteiger partial charge is 0.366 e. The number of carbonyl (C=O) groups excluding carboxylic acids is 2. The number of nitrogens with one attached hydrogen (secondary N) is 2. The molecular formula is C28H22F2N4O3S. The Morgan fingerprint density at radius 2 is 1.71 bits per heavy atom. The smallest absolute Gasteiger partial charge is 0.248 e. The summed E-state index contributed by atoms with van der Waals surface area (Å²) >= 11 is 0. The Morgan fingerprint density at radius 3 is 2.42 bits per heavy atom. The minimum atomic E-state index is -1.56. The van der Waals surface area contributed by atoms with Gasteiger partial charge in [-0.25, -0.2) is 18.0 Å². The summed E-state index contributed by atoms with van der Waals surface area (Å²) in [5.74, 6) is -3.19. The number of benzene rings is 3. The van der Waals surface area contributed by atoms with Crippen LogP contribution in [0.1, 0.15) is 39.6 Å². The zero-order valence-electron chi connectivity index (χ0n) is 20.2. The van der Waals surface area contributed by atoms with Gasteiger partial charge in [0.2, 0.25) is 5.91 Å². The second kappa shape index (κ2) is 10.1. The van der Waals surface area contributed by atoms with Crippen molar-refractivity contribution in [2.75, 3.05) is 10.5 Å². The number of fused-ring (bicyclic) bond motifs is 3. The van der Waals surface area contributed by atoms with Crippen LogP contribution in [0.5, 0.6) is 0 Å². The summed E-state index contributed by atoms with van der Waals surface area (Å²) in [6.45, 7) is 1.83. The fourth-order valence-electron chi connectivity index (χ4n) is 4.24. The van der Waals surface area contributed by atoms with Crippen molar-refractivity contribution < 1.29 is 22.6 Å². The first-order chi connectivity index (χ1) is 18.3. The molecule has 38 heavy (non-hydrogen) atoms. The monoisotopic (exact) mass is 532 g/mol. The Morgan fingerprint density at radius 1 is 0.974 bits per heavy atom. The lowest BCUT2D eigenvalue weighted by Crippen LogP contribution is -2.13. The van der Waals surface area contributed by atoms with Crippen LogP contribution < -0.4 is 10.5 Å². The minimum absolute atomic E-state index is 0.0826. The number of aromatic amines is 1. The van der Waals surface area contributed by atoms with Gasteiger partial charge in [0.1, 0.15) is 22.5 Å². The highest BCUT2D eigenvalue weighted by Gasteiger charge is 2.23. The van der Waals surface area contributed by atoms with Gasteiger partial charge in [-0.1, -0.05) is 19.1 Å². The third-order valence-corrected chi connectivity index (χ3v) is 7.37. The van der Waals surface area contributed by atoms with E-state index in [2.05, 4.69) is 14.7 Å². The van der Waals surface area contributed by atoms with Gasteiger partial charge in [-0.05, 0) is 60.5 Å². The maximum atomic E-state index is 15.2. The maximum Gasteiger partial charge on any atom is 0.248 e. The zero-order chi connectivity index (χ0) is 27.0. The van der Waals surface area contributed by atoms with Gasteiger partial charge < -0.3 is 15.4 Å². The first-order valence-corrected chi connectivity index (χ1v) is 13.1. The van der Waals surface area contributed by atoms with E-state index in [0.717, 1.165) is 23.3 Å². The van der Waals surface area contributed by atoms with E-state index >= 15 is 4.39 Å².